The van der Waals surface area contributed by atoms with Crippen LogP contribution in [0.1, 0.15) is 12.5 Å². The summed E-state index contributed by atoms with van der Waals surface area (Å²) in [5.74, 6) is 0.286. The Morgan fingerprint density at radius 1 is 1.47 bits per heavy atom. The maximum absolute atomic E-state index is 11.7. The van der Waals surface area contributed by atoms with Gasteiger partial charge in [0.15, 0.2) is 9.84 Å². The molecule has 0 fully saturated rings. The number of amides is 1. The molecule has 1 aromatic heterocycles. The molecule has 0 bridgehead atoms. The lowest BCUT2D eigenvalue weighted by atomic mass is 10.2. The number of hydrogen-bond acceptors (Lipinski definition) is 5. The number of carbonyl (C=O) groups is 1. The van der Waals surface area contributed by atoms with Crippen molar-refractivity contribution in [3.8, 4) is 0 Å². The summed E-state index contributed by atoms with van der Waals surface area (Å²) >= 11 is 0. The van der Waals surface area contributed by atoms with Gasteiger partial charge in [-0.1, -0.05) is 0 Å². The molecule has 0 saturated carbocycles. The summed E-state index contributed by atoms with van der Waals surface area (Å²) in [6.45, 7) is 1.66. The van der Waals surface area contributed by atoms with Crippen LogP contribution in [0.5, 0.6) is 0 Å². The van der Waals surface area contributed by atoms with Gasteiger partial charge in [-0.3, -0.25) is 4.79 Å². The van der Waals surface area contributed by atoms with E-state index in [1.54, 1.807) is 12.3 Å². The van der Waals surface area contributed by atoms with Gasteiger partial charge in [-0.05, 0) is 24.6 Å². The molecule has 1 amide bonds. The van der Waals surface area contributed by atoms with E-state index in [9.17, 15) is 13.2 Å². The molecule has 19 heavy (non-hydrogen) atoms. The van der Waals surface area contributed by atoms with Crippen molar-refractivity contribution in [1.82, 2.24) is 10.3 Å². The third-order valence-corrected chi connectivity index (χ3v) is 4.24. The Hall–Kier alpha value is -1.63. The Labute approximate surface area is 113 Å². The second-order valence-corrected chi connectivity index (χ2v) is 6.97. The molecule has 1 rings (SSSR count). The predicted molar refractivity (Wildman–Crippen MR) is 74.7 cm³/mol. The summed E-state index contributed by atoms with van der Waals surface area (Å²) < 4.78 is 22.5. The Bertz CT molecular complexity index is 555. The normalized spacial score (nSPS) is 12.8. The van der Waals surface area contributed by atoms with Crippen LogP contribution in [0.4, 0.5) is 5.82 Å². The first kappa shape index (κ1) is 15.4. The molecular formula is C12H19N3O3S. The van der Waals surface area contributed by atoms with Crippen molar-refractivity contribution >= 4 is 21.6 Å². The van der Waals surface area contributed by atoms with Crippen molar-refractivity contribution in [3.05, 3.63) is 23.9 Å². The molecule has 0 aliphatic heterocycles. The van der Waals surface area contributed by atoms with Gasteiger partial charge in [-0.15, -0.1) is 0 Å². The van der Waals surface area contributed by atoms with Crippen LogP contribution in [-0.2, 0) is 21.2 Å². The summed E-state index contributed by atoms with van der Waals surface area (Å²) in [5.41, 5.74) is 0.868. The molecule has 1 heterocycles. The molecule has 0 radical (unpaired) electrons. The van der Waals surface area contributed by atoms with E-state index in [1.165, 1.54) is 6.92 Å². The van der Waals surface area contributed by atoms with Crippen LogP contribution in [0.25, 0.3) is 0 Å². The minimum atomic E-state index is -3.36. The standard InChI is InChI=1S/C12H19N3O3S/c1-9(19(4,17)18)12(16)14-8-10-5-6-13-11(7-10)15(2)3/h5-7,9H,8H2,1-4H3,(H,14,16)/t9-/m0/s1. The average Bonchev–Trinajstić information content (AvgIpc) is 2.34. The lowest BCUT2D eigenvalue weighted by molar-refractivity contribution is -0.120. The van der Waals surface area contributed by atoms with Gasteiger partial charge in [-0.25, -0.2) is 13.4 Å². The maximum atomic E-state index is 11.7. The van der Waals surface area contributed by atoms with Gasteiger partial charge in [0.25, 0.3) is 0 Å². The highest BCUT2D eigenvalue weighted by Crippen LogP contribution is 2.09. The largest absolute Gasteiger partial charge is 0.363 e. The summed E-state index contributed by atoms with van der Waals surface area (Å²) in [6.07, 6.45) is 2.70. The number of carbonyl (C=O) groups excluding carboxylic acids is 1. The highest BCUT2D eigenvalue weighted by molar-refractivity contribution is 7.92. The lowest BCUT2D eigenvalue weighted by Crippen LogP contribution is -2.37. The third-order valence-electron chi connectivity index (χ3n) is 2.75. The summed E-state index contributed by atoms with van der Waals surface area (Å²) in [5, 5.41) is 1.57. The SMILES string of the molecule is C[C@@H](C(=O)NCc1ccnc(N(C)C)c1)S(C)(=O)=O. The zero-order valence-corrected chi connectivity index (χ0v) is 12.4. The molecule has 7 heteroatoms. The topological polar surface area (TPSA) is 79.4 Å². The summed E-state index contributed by atoms with van der Waals surface area (Å²) in [7, 11) is 0.382. The Balaban J connectivity index is 2.67. The van der Waals surface area contributed by atoms with Crippen LogP contribution in [0.2, 0.25) is 0 Å². The fourth-order valence-corrected chi connectivity index (χ4v) is 1.81. The van der Waals surface area contributed by atoms with Gasteiger partial charge >= 0.3 is 0 Å². The van der Waals surface area contributed by atoms with E-state index in [4.69, 9.17) is 0 Å². The molecular weight excluding hydrogens is 266 g/mol. The first-order valence-electron chi connectivity index (χ1n) is 5.80. The number of aromatic nitrogens is 1. The molecule has 0 aliphatic carbocycles. The minimum Gasteiger partial charge on any atom is -0.363 e. The van der Waals surface area contributed by atoms with Gasteiger partial charge in [0.1, 0.15) is 11.1 Å². The van der Waals surface area contributed by atoms with Crippen LogP contribution in [0, 0.1) is 0 Å². The van der Waals surface area contributed by atoms with Crippen LogP contribution in [-0.4, -0.2) is 44.9 Å². The van der Waals surface area contributed by atoms with Gasteiger partial charge in [0.05, 0.1) is 0 Å². The molecule has 1 aromatic rings. The number of nitrogens with zero attached hydrogens (tertiary/aromatic N) is 2. The first-order chi connectivity index (χ1) is 8.71. The smallest absolute Gasteiger partial charge is 0.238 e. The Morgan fingerprint density at radius 2 is 2.11 bits per heavy atom. The van der Waals surface area contributed by atoms with Crippen LogP contribution in [0.15, 0.2) is 18.3 Å². The fourth-order valence-electron chi connectivity index (χ4n) is 1.34. The van der Waals surface area contributed by atoms with Crippen molar-refractivity contribution in [1.29, 1.82) is 0 Å². The van der Waals surface area contributed by atoms with Crippen molar-refractivity contribution < 1.29 is 13.2 Å². The fraction of sp³-hybridized carbons (Fsp3) is 0.500. The summed E-state index contributed by atoms with van der Waals surface area (Å²) in [4.78, 5) is 17.7. The quantitative estimate of drug-likeness (QED) is 0.836. The van der Waals surface area contributed by atoms with E-state index in [1.807, 2.05) is 25.1 Å². The van der Waals surface area contributed by atoms with Crippen LogP contribution >= 0.6 is 0 Å². The average molecular weight is 285 g/mol. The Morgan fingerprint density at radius 3 is 2.63 bits per heavy atom. The molecule has 0 saturated heterocycles. The highest BCUT2D eigenvalue weighted by atomic mass is 32.2. The number of rotatable bonds is 5. The molecule has 1 N–H and O–H groups in total. The van der Waals surface area contributed by atoms with Crippen molar-refractivity contribution in [2.75, 3.05) is 25.3 Å². The van der Waals surface area contributed by atoms with Gasteiger partial charge < -0.3 is 10.2 Å². The van der Waals surface area contributed by atoms with E-state index < -0.39 is 21.0 Å². The first-order valence-corrected chi connectivity index (χ1v) is 7.76. The van der Waals surface area contributed by atoms with Gasteiger partial charge in [-0.2, -0.15) is 0 Å². The zero-order chi connectivity index (χ0) is 14.6. The van der Waals surface area contributed by atoms with Crippen molar-refractivity contribution in [2.45, 2.75) is 18.7 Å². The number of anilines is 1. The number of pyridine rings is 1. The predicted octanol–water partition coefficient (Wildman–Crippen LogP) is 0.197. The number of hydrogen-bond donors (Lipinski definition) is 1. The van der Waals surface area contributed by atoms with E-state index >= 15 is 0 Å². The van der Waals surface area contributed by atoms with Gasteiger partial charge in [0, 0.05) is 33.1 Å². The molecule has 0 spiro atoms. The zero-order valence-electron chi connectivity index (χ0n) is 11.5. The molecule has 6 nitrogen and oxygen atoms in total. The molecule has 0 aliphatic rings. The van der Waals surface area contributed by atoms with E-state index in [2.05, 4.69) is 10.3 Å². The van der Waals surface area contributed by atoms with E-state index in [0.717, 1.165) is 17.6 Å². The van der Waals surface area contributed by atoms with E-state index in [0.29, 0.717) is 0 Å². The lowest BCUT2D eigenvalue weighted by Gasteiger charge is -2.13. The van der Waals surface area contributed by atoms with E-state index in [-0.39, 0.29) is 6.54 Å². The monoisotopic (exact) mass is 285 g/mol. The summed E-state index contributed by atoms with van der Waals surface area (Å²) in [6, 6.07) is 3.61. The van der Waals surface area contributed by atoms with Crippen molar-refractivity contribution in [3.63, 3.8) is 0 Å². The van der Waals surface area contributed by atoms with Crippen LogP contribution in [0.3, 0.4) is 0 Å². The molecule has 0 aromatic carbocycles. The number of sulfone groups is 1. The maximum Gasteiger partial charge on any atom is 0.238 e. The third kappa shape index (κ3) is 4.51. The molecule has 1 atom stereocenters. The second-order valence-electron chi connectivity index (χ2n) is 4.61. The Kier molecular flexibility index (Phi) is 4.88. The number of nitrogens with one attached hydrogen (secondary N) is 1. The molecule has 106 valence electrons. The minimum absolute atomic E-state index is 0.280. The molecule has 0 unspecified atom stereocenters. The van der Waals surface area contributed by atoms with Crippen LogP contribution < -0.4 is 10.2 Å². The highest BCUT2D eigenvalue weighted by Gasteiger charge is 2.22. The van der Waals surface area contributed by atoms with Crippen molar-refractivity contribution in [2.24, 2.45) is 0 Å². The second kappa shape index (κ2) is 6.01. The van der Waals surface area contributed by atoms with Gasteiger partial charge in [0.2, 0.25) is 5.91 Å².